The van der Waals surface area contributed by atoms with Crippen molar-refractivity contribution in [1.29, 1.82) is 0 Å². The quantitative estimate of drug-likeness (QED) is 0.849. The number of nitrogens with zero attached hydrogens (tertiary/aromatic N) is 1. The number of nitrogens with one attached hydrogen (secondary N) is 2. The second kappa shape index (κ2) is 7.51. The van der Waals surface area contributed by atoms with Crippen LogP contribution in [-0.2, 0) is 0 Å². The zero-order chi connectivity index (χ0) is 15.9. The van der Waals surface area contributed by atoms with Crippen LogP contribution in [0, 0.1) is 6.92 Å². The minimum Gasteiger partial charge on any atom is -0.494 e. The molecule has 0 saturated carbocycles. The van der Waals surface area contributed by atoms with Crippen molar-refractivity contribution in [3.63, 3.8) is 0 Å². The second-order valence-electron chi connectivity index (χ2n) is 4.53. The lowest BCUT2D eigenvalue weighted by atomic mass is 10.2. The van der Waals surface area contributed by atoms with Crippen LogP contribution in [-0.4, -0.2) is 22.6 Å². The van der Waals surface area contributed by atoms with E-state index < -0.39 is 0 Å². The van der Waals surface area contributed by atoms with Crippen LogP contribution in [0.2, 0.25) is 0 Å². The first kappa shape index (κ1) is 15.9. The van der Waals surface area contributed by atoms with Gasteiger partial charge in [-0.25, -0.2) is 4.98 Å². The molecule has 0 radical (unpaired) electrons. The molecule has 2 rings (SSSR count). The van der Waals surface area contributed by atoms with Crippen molar-refractivity contribution < 1.29 is 9.53 Å². The minimum absolute atomic E-state index is 0.199. The SMILES string of the molecule is CCOc1cccc(C(=O)NC(=S)Nc2cccc(C)n2)c1. The van der Waals surface area contributed by atoms with Crippen molar-refractivity contribution in [2.45, 2.75) is 13.8 Å². The van der Waals surface area contributed by atoms with Crippen LogP contribution in [0.3, 0.4) is 0 Å². The predicted octanol–water partition coefficient (Wildman–Crippen LogP) is 2.92. The van der Waals surface area contributed by atoms with Gasteiger partial charge in [0.25, 0.3) is 5.91 Å². The Kier molecular flexibility index (Phi) is 5.43. The molecule has 0 unspecified atom stereocenters. The lowest BCUT2D eigenvalue weighted by Gasteiger charge is -2.10. The molecule has 2 N–H and O–H groups in total. The van der Waals surface area contributed by atoms with Gasteiger partial charge >= 0.3 is 0 Å². The topological polar surface area (TPSA) is 63.2 Å². The number of amides is 1. The van der Waals surface area contributed by atoms with E-state index in [2.05, 4.69) is 15.6 Å². The molecule has 0 aliphatic rings. The Morgan fingerprint density at radius 3 is 2.77 bits per heavy atom. The number of thiocarbonyl (C=S) groups is 1. The molecule has 0 aliphatic heterocycles. The molecular formula is C16H17N3O2S. The van der Waals surface area contributed by atoms with Gasteiger partial charge in [-0.2, -0.15) is 0 Å². The molecule has 0 fully saturated rings. The highest BCUT2D eigenvalue weighted by Crippen LogP contribution is 2.13. The Labute approximate surface area is 134 Å². The van der Waals surface area contributed by atoms with Crippen LogP contribution in [0.25, 0.3) is 0 Å². The summed E-state index contributed by atoms with van der Waals surface area (Å²) in [5, 5.41) is 5.70. The third-order valence-corrected chi connectivity index (χ3v) is 2.97. The van der Waals surface area contributed by atoms with Crippen LogP contribution in [0.1, 0.15) is 23.0 Å². The summed E-state index contributed by atoms with van der Waals surface area (Å²) < 4.78 is 5.37. The number of carbonyl (C=O) groups excluding carboxylic acids is 1. The highest BCUT2D eigenvalue weighted by Gasteiger charge is 2.09. The van der Waals surface area contributed by atoms with E-state index in [1.165, 1.54) is 0 Å². The number of anilines is 1. The standard InChI is InChI=1S/C16H17N3O2S/c1-3-21-13-8-5-7-12(10-13)15(20)19-16(22)18-14-9-4-6-11(2)17-14/h4-10H,3H2,1-2H3,(H2,17,18,19,20,22). The number of aromatic nitrogens is 1. The lowest BCUT2D eigenvalue weighted by molar-refractivity contribution is 0.0977. The number of hydrogen-bond donors (Lipinski definition) is 2. The monoisotopic (exact) mass is 315 g/mol. The summed E-state index contributed by atoms with van der Waals surface area (Å²) in [6.07, 6.45) is 0. The number of aryl methyl sites for hydroxylation is 1. The summed E-state index contributed by atoms with van der Waals surface area (Å²) in [4.78, 5) is 16.4. The van der Waals surface area contributed by atoms with Gasteiger partial charge in [0.05, 0.1) is 6.61 Å². The van der Waals surface area contributed by atoms with Gasteiger partial charge in [-0.15, -0.1) is 0 Å². The largest absolute Gasteiger partial charge is 0.494 e. The summed E-state index contributed by atoms with van der Waals surface area (Å²) in [7, 11) is 0. The molecule has 1 aromatic heterocycles. The van der Waals surface area contributed by atoms with E-state index in [-0.39, 0.29) is 11.0 Å². The fraction of sp³-hybridized carbons (Fsp3) is 0.188. The molecule has 1 heterocycles. The molecular weight excluding hydrogens is 298 g/mol. The number of rotatable bonds is 4. The maximum absolute atomic E-state index is 12.2. The summed E-state index contributed by atoms with van der Waals surface area (Å²) in [5.74, 6) is 0.939. The Hall–Kier alpha value is -2.47. The Bertz CT molecular complexity index is 689. The predicted molar refractivity (Wildman–Crippen MR) is 90.3 cm³/mol. The average Bonchev–Trinajstić information content (AvgIpc) is 2.47. The summed E-state index contributed by atoms with van der Waals surface area (Å²) in [5.41, 5.74) is 1.34. The molecule has 0 spiro atoms. The maximum Gasteiger partial charge on any atom is 0.257 e. The number of ether oxygens (including phenoxy) is 1. The number of benzene rings is 1. The van der Waals surface area contributed by atoms with Crippen LogP contribution in [0.5, 0.6) is 5.75 Å². The van der Waals surface area contributed by atoms with Crippen molar-refractivity contribution in [3.05, 3.63) is 53.7 Å². The highest BCUT2D eigenvalue weighted by molar-refractivity contribution is 7.80. The Morgan fingerprint density at radius 1 is 1.27 bits per heavy atom. The fourth-order valence-electron chi connectivity index (χ4n) is 1.83. The van der Waals surface area contributed by atoms with Gasteiger partial charge < -0.3 is 10.1 Å². The fourth-order valence-corrected chi connectivity index (χ4v) is 2.03. The second-order valence-corrected chi connectivity index (χ2v) is 4.94. The number of carbonyl (C=O) groups is 1. The molecule has 2 aromatic rings. The smallest absolute Gasteiger partial charge is 0.257 e. The Morgan fingerprint density at radius 2 is 2.05 bits per heavy atom. The summed E-state index contributed by atoms with van der Waals surface area (Å²) >= 11 is 5.13. The molecule has 1 aromatic carbocycles. The van der Waals surface area contributed by atoms with Gasteiger partial charge in [-0.1, -0.05) is 12.1 Å². The van der Waals surface area contributed by atoms with Crippen LogP contribution < -0.4 is 15.4 Å². The molecule has 5 nitrogen and oxygen atoms in total. The van der Waals surface area contributed by atoms with Gasteiger partial charge in [0, 0.05) is 11.3 Å². The first-order chi connectivity index (χ1) is 10.6. The lowest BCUT2D eigenvalue weighted by Crippen LogP contribution is -2.34. The van der Waals surface area contributed by atoms with Crippen LogP contribution in [0.15, 0.2) is 42.5 Å². The zero-order valence-corrected chi connectivity index (χ0v) is 13.2. The van der Waals surface area contributed by atoms with Crippen molar-refractivity contribution in [2.24, 2.45) is 0 Å². The molecule has 1 amide bonds. The zero-order valence-electron chi connectivity index (χ0n) is 12.4. The normalized spacial score (nSPS) is 9.91. The van der Waals surface area contributed by atoms with E-state index in [0.29, 0.717) is 23.7 Å². The van der Waals surface area contributed by atoms with Gasteiger partial charge in [0.15, 0.2) is 5.11 Å². The minimum atomic E-state index is -0.299. The van der Waals surface area contributed by atoms with E-state index in [0.717, 1.165) is 5.69 Å². The van der Waals surface area contributed by atoms with E-state index in [1.54, 1.807) is 30.3 Å². The van der Waals surface area contributed by atoms with E-state index in [9.17, 15) is 4.79 Å². The molecule has 22 heavy (non-hydrogen) atoms. The number of pyridine rings is 1. The van der Waals surface area contributed by atoms with E-state index in [4.69, 9.17) is 17.0 Å². The van der Waals surface area contributed by atoms with Gasteiger partial charge in [-0.05, 0) is 56.4 Å². The van der Waals surface area contributed by atoms with E-state index >= 15 is 0 Å². The Balaban J connectivity index is 1.99. The first-order valence-electron chi connectivity index (χ1n) is 6.87. The highest BCUT2D eigenvalue weighted by atomic mass is 32.1. The van der Waals surface area contributed by atoms with Crippen molar-refractivity contribution >= 4 is 29.1 Å². The summed E-state index contributed by atoms with van der Waals surface area (Å²) in [6, 6.07) is 12.5. The third kappa shape index (κ3) is 4.53. The molecule has 114 valence electrons. The number of hydrogen-bond acceptors (Lipinski definition) is 4. The molecule has 0 atom stereocenters. The average molecular weight is 315 g/mol. The van der Waals surface area contributed by atoms with Gasteiger partial charge in [0.1, 0.15) is 11.6 Å². The third-order valence-electron chi connectivity index (χ3n) is 2.76. The van der Waals surface area contributed by atoms with E-state index in [1.807, 2.05) is 26.0 Å². The van der Waals surface area contributed by atoms with Gasteiger partial charge in [-0.3, -0.25) is 10.1 Å². The van der Waals surface area contributed by atoms with Gasteiger partial charge in [0.2, 0.25) is 0 Å². The van der Waals surface area contributed by atoms with Crippen molar-refractivity contribution in [2.75, 3.05) is 11.9 Å². The molecule has 0 aliphatic carbocycles. The summed E-state index contributed by atoms with van der Waals surface area (Å²) in [6.45, 7) is 4.32. The van der Waals surface area contributed by atoms with Crippen LogP contribution >= 0.6 is 12.2 Å². The van der Waals surface area contributed by atoms with Crippen molar-refractivity contribution in [3.8, 4) is 5.75 Å². The molecule has 0 bridgehead atoms. The van der Waals surface area contributed by atoms with Crippen molar-refractivity contribution in [1.82, 2.24) is 10.3 Å². The van der Waals surface area contributed by atoms with Crippen LogP contribution in [0.4, 0.5) is 5.82 Å². The first-order valence-corrected chi connectivity index (χ1v) is 7.28. The maximum atomic E-state index is 12.2. The molecule has 0 saturated heterocycles. The molecule has 6 heteroatoms.